The molecular formula is C25H17Br3N2O2. The Hall–Kier alpha value is -2.48. The van der Waals surface area contributed by atoms with E-state index in [0.717, 1.165) is 35.3 Å². The number of benzene rings is 4. The normalized spacial score (nSPS) is 11.1. The van der Waals surface area contributed by atoms with Gasteiger partial charge in [-0.15, -0.1) is 0 Å². The van der Waals surface area contributed by atoms with E-state index in [0.29, 0.717) is 17.9 Å². The third-order valence-electron chi connectivity index (χ3n) is 4.73. The van der Waals surface area contributed by atoms with Gasteiger partial charge in [0.1, 0.15) is 12.4 Å². The molecule has 0 aliphatic carbocycles. The van der Waals surface area contributed by atoms with Gasteiger partial charge in [0.2, 0.25) is 0 Å². The number of hydrogen-bond acceptors (Lipinski definition) is 3. The molecule has 4 aromatic rings. The van der Waals surface area contributed by atoms with E-state index < -0.39 is 0 Å². The Balaban J connectivity index is 1.44. The van der Waals surface area contributed by atoms with Gasteiger partial charge in [0.25, 0.3) is 5.91 Å². The molecule has 0 fully saturated rings. The molecule has 32 heavy (non-hydrogen) atoms. The first-order chi connectivity index (χ1) is 15.5. The summed E-state index contributed by atoms with van der Waals surface area (Å²) in [7, 11) is 0. The summed E-state index contributed by atoms with van der Waals surface area (Å²) < 4.78 is 8.56. The largest absolute Gasteiger partial charge is 0.487 e. The molecular weight excluding hydrogens is 600 g/mol. The maximum atomic E-state index is 12.6. The minimum Gasteiger partial charge on any atom is -0.487 e. The standard InChI is InChI=1S/C25H17Br3N2O2/c26-19-10-8-16(9-11-19)15-32-24-22(27)12-17(13-23(24)28)14-29-30-25(31)21-7-3-5-18-4-1-2-6-20(18)21/h1-14H,15H2,(H,30,31)/b29-14-. The van der Waals surface area contributed by atoms with Gasteiger partial charge in [0, 0.05) is 10.0 Å². The zero-order valence-electron chi connectivity index (χ0n) is 16.7. The monoisotopic (exact) mass is 614 g/mol. The number of hydrogen-bond donors (Lipinski definition) is 1. The second-order valence-electron chi connectivity index (χ2n) is 6.95. The Labute approximate surface area is 211 Å². The van der Waals surface area contributed by atoms with Crippen LogP contribution in [-0.2, 0) is 6.61 Å². The van der Waals surface area contributed by atoms with E-state index >= 15 is 0 Å². The summed E-state index contributed by atoms with van der Waals surface area (Å²) in [6, 6.07) is 25.1. The smallest absolute Gasteiger partial charge is 0.271 e. The highest BCUT2D eigenvalue weighted by Crippen LogP contribution is 2.35. The van der Waals surface area contributed by atoms with Gasteiger partial charge >= 0.3 is 0 Å². The van der Waals surface area contributed by atoms with Gasteiger partial charge in [-0.25, -0.2) is 5.43 Å². The number of amides is 1. The number of hydrazone groups is 1. The molecule has 0 heterocycles. The Morgan fingerprint density at radius 1 is 0.906 bits per heavy atom. The highest BCUT2D eigenvalue weighted by atomic mass is 79.9. The van der Waals surface area contributed by atoms with Crippen LogP contribution in [-0.4, -0.2) is 12.1 Å². The van der Waals surface area contributed by atoms with Crippen molar-refractivity contribution in [2.24, 2.45) is 5.10 Å². The number of fused-ring (bicyclic) bond motifs is 1. The molecule has 1 N–H and O–H groups in total. The number of rotatable bonds is 6. The number of halogens is 3. The highest BCUT2D eigenvalue weighted by Gasteiger charge is 2.10. The van der Waals surface area contributed by atoms with Crippen molar-refractivity contribution in [1.82, 2.24) is 5.43 Å². The molecule has 0 saturated heterocycles. The zero-order valence-corrected chi connectivity index (χ0v) is 21.4. The van der Waals surface area contributed by atoms with Crippen molar-refractivity contribution in [1.29, 1.82) is 0 Å². The Bertz CT molecular complexity index is 1280. The fraction of sp³-hybridized carbons (Fsp3) is 0.0400. The third-order valence-corrected chi connectivity index (χ3v) is 6.44. The maximum Gasteiger partial charge on any atom is 0.271 e. The van der Waals surface area contributed by atoms with Crippen LogP contribution in [0.5, 0.6) is 5.75 Å². The van der Waals surface area contributed by atoms with Gasteiger partial charge in [-0.1, -0.05) is 64.5 Å². The first kappa shape index (κ1) is 22.7. The summed E-state index contributed by atoms with van der Waals surface area (Å²) in [4.78, 5) is 12.6. The fourth-order valence-electron chi connectivity index (χ4n) is 3.18. The molecule has 0 saturated carbocycles. The van der Waals surface area contributed by atoms with Crippen LogP contribution in [0.25, 0.3) is 10.8 Å². The summed E-state index contributed by atoms with van der Waals surface area (Å²) in [5.74, 6) is 0.440. The van der Waals surface area contributed by atoms with Gasteiger partial charge in [-0.05, 0) is 84.1 Å². The second kappa shape index (κ2) is 10.4. The van der Waals surface area contributed by atoms with Crippen molar-refractivity contribution < 1.29 is 9.53 Å². The average Bonchev–Trinajstić information content (AvgIpc) is 2.79. The predicted octanol–water partition coefficient (Wildman–Crippen LogP) is 7.47. The van der Waals surface area contributed by atoms with Crippen molar-refractivity contribution in [3.63, 3.8) is 0 Å². The summed E-state index contributed by atoms with van der Waals surface area (Å²) in [5, 5.41) is 6.03. The van der Waals surface area contributed by atoms with E-state index in [4.69, 9.17) is 4.74 Å². The maximum absolute atomic E-state index is 12.6. The number of nitrogens with one attached hydrogen (secondary N) is 1. The van der Waals surface area contributed by atoms with E-state index in [2.05, 4.69) is 58.3 Å². The average molecular weight is 617 g/mol. The molecule has 0 radical (unpaired) electrons. The zero-order chi connectivity index (χ0) is 22.5. The minimum absolute atomic E-state index is 0.259. The lowest BCUT2D eigenvalue weighted by Gasteiger charge is -2.11. The van der Waals surface area contributed by atoms with Gasteiger partial charge < -0.3 is 4.74 Å². The molecule has 4 aromatic carbocycles. The predicted molar refractivity (Wildman–Crippen MR) is 139 cm³/mol. The summed E-state index contributed by atoms with van der Waals surface area (Å²) in [5.41, 5.74) is 5.06. The van der Waals surface area contributed by atoms with Crippen LogP contribution in [0.3, 0.4) is 0 Å². The first-order valence-corrected chi connectivity index (χ1v) is 12.1. The molecule has 0 atom stereocenters. The summed E-state index contributed by atoms with van der Waals surface area (Å²) in [6.45, 7) is 0.443. The molecule has 0 aliphatic rings. The lowest BCUT2D eigenvalue weighted by Crippen LogP contribution is -2.17. The summed E-state index contributed by atoms with van der Waals surface area (Å²) >= 11 is 10.5. The van der Waals surface area contributed by atoms with Gasteiger partial charge in [-0.2, -0.15) is 5.10 Å². The van der Waals surface area contributed by atoms with E-state index in [-0.39, 0.29) is 5.91 Å². The topological polar surface area (TPSA) is 50.7 Å². The molecule has 0 bridgehead atoms. The van der Waals surface area contributed by atoms with Gasteiger partial charge in [0.15, 0.2) is 0 Å². The van der Waals surface area contributed by atoms with Crippen molar-refractivity contribution in [2.45, 2.75) is 6.61 Å². The van der Waals surface area contributed by atoms with E-state index in [1.807, 2.05) is 72.8 Å². The van der Waals surface area contributed by atoms with Crippen molar-refractivity contribution in [2.75, 3.05) is 0 Å². The third kappa shape index (κ3) is 5.46. The number of nitrogens with zero attached hydrogens (tertiary/aromatic N) is 1. The molecule has 4 rings (SSSR count). The SMILES string of the molecule is O=C(N/N=C\c1cc(Br)c(OCc2ccc(Br)cc2)c(Br)c1)c1cccc2ccccc12. The highest BCUT2D eigenvalue weighted by molar-refractivity contribution is 9.11. The number of carbonyl (C=O) groups excluding carboxylic acids is 1. The van der Waals surface area contributed by atoms with Crippen LogP contribution < -0.4 is 10.2 Å². The van der Waals surface area contributed by atoms with Gasteiger partial charge in [0.05, 0.1) is 15.2 Å². The van der Waals surface area contributed by atoms with Crippen LogP contribution in [0.2, 0.25) is 0 Å². The Kier molecular flexibility index (Phi) is 7.40. The molecule has 0 spiro atoms. The minimum atomic E-state index is -0.259. The van der Waals surface area contributed by atoms with E-state index in [1.165, 1.54) is 0 Å². The van der Waals surface area contributed by atoms with E-state index in [1.54, 1.807) is 12.3 Å². The van der Waals surface area contributed by atoms with Crippen LogP contribution in [0.4, 0.5) is 0 Å². The number of carbonyl (C=O) groups is 1. The van der Waals surface area contributed by atoms with Crippen LogP contribution >= 0.6 is 47.8 Å². The first-order valence-electron chi connectivity index (χ1n) is 9.69. The van der Waals surface area contributed by atoms with Crippen LogP contribution in [0.1, 0.15) is 21.5 Å². The molecule has 7 heteroatoms. The van der Waals surface area contributed by atoms with E-state index in [9.17, 15) is 4.79 Å². The summed E-state index contributed by atoms with van der Waals surface area (Å²) in [6.07, 6.45) is 1.59. The number of ether oxygens (including phenoxy) is 1. The lowest BCUT2D eigenvalue weighted by molar-refractivity contribution is 0.0957. The quantitative estimate of drug-likeness (QED) is 0.180. The molecule has 160 valence electrons. The molecule has 0 unspecified atom stereocenters. The van der Waals surface area contributed by atoms with Crippen molar-refractivity contribution in [3.05, 3.63) is 109 Å². The van der Waals surface area contributed by atoms with Gasteiger partial charge in [-0.3, -0.25) is 4.79 Å². The van der Waals surface area contributed by atoms with Crippen LogP contribution in [0, 0.1) is 0 Å². The Morgan fingerprint density at radius 2 is 1.59 bits per heavy atom. The second-order valence-corrected chi connectivity index (χ2v) is 9.58. The molecule has 0 aliphatic heterocycles. The lowest BCUT2D eigenvalue weighted by atomic mass is 10.0. The van der Waals surface area contributed by atoms with Crippen molar-refractivity contribution >= 4 is 70.7 Å². The fourth-order valence-corrected chi connectivity index (χ4v) is 4.89. The Morgan fingerprint density at radius 3 is 2.34 bits per heavy atom. The van der Waals surface area contributed by atoms with Crippen molar-refractivity contribution in [3.8, 4) is 5.75 Å². The molecule has 1 amide bonds. The van der Waals surface area contributed by atoms with Crippen LogP contribution in [0.15, 0.2) is 97.4 Å². The molecule has 0 aromatic heterocycles. The molecule has 4 nitrogen and oxygen atoms in total.